The summed E-state index contributed by atoms with van der Waals surface area (Å²) < 4.78 is 0. The molecule has 4 nitrogen and oxygen atoms in total. The van der Waals surface area contributed by atoms with Crippen molar-refractivity contribution in [2.75, 3.05) is 26.7 Å². The minimum Gasteiger partial charge on any atom is -0.481 e. The first-order chi connectivity index (χ1) is 6.20. The molecular formula is C9H19ClN2O2. The van der Waals surface area contributed by atoms with E-state index in [-0.39, 0.29) is 18.8 Å². The molecule has 1 saturated heterocycles. The molecule has 0 bridgehead atoms. The van der Waals surface area contributed by atoms with E-state index in [1.54, 1.807) is 0 Å². The van der Waals surface area contributed by atoms with Crippen LogP contribution in [-0.4, -0.2) is 48.7 Å². The van der Waals surface area contributed by atoms with Crippen molar-refractivity contribution in [2.45, 2.75) is 25.3 Å². The van der Waals surface area contributed by atoms with Crippen molar-refractivity contribution >= 4 is 18.4 Å². The van der Waals surface area contributed by atoms with Crippen LogP contribution in [0.4, 0.5) is 0 Å². The first kappa shape index (κ1) is 13.7. The number of rotatable bonds is 4. The van der Waals surface area contributed by atoms with Gasteiger partial charge in [-0.15, -0.1) is 12.4 Å². The summed E-state index contributed by atoms with van der Waals surface area (Å²) in [6, 6.07) is 0.570. The van der Waals surface area contributed by atoms with E-state index in [1.807, 2.05) is 7.05 Å². The SMILES string of the molecule is CN(CCC(=O)O)C1CCNCC1.Cl. The van der Waals surface area contributed by atoms with E-state index in [0.29, 0.717) is 12.6 Å². The minimum atomic E-state index is -0.708. The zero-order valence-corrected chi connectivity index (χ0v) is 9.35. The smallest absolute Gasteiger partial charge is 0.304 e. The third kappa shape index (κ3) is 4.79. The van der Waals surface area contributed by atoms with Crippen LogP contribution in [0, 0.1) is 0 Å². The molecule has 14 heavy (non-hydrogen) atoms. The molecule has 1 rings (SSSR count). The molecule has 1 aliphatic heterocycles. The van der Waals surface area contributed by atoms with Gasteiger partial charge in [-0.25, -0.2) is 0 Å². The maximum absolute atomic E-state index is 10.3. The average molecular weight is 223 g/mol. The van der Waals surface area contributed by atoms with Gasteiger partial charge in [-0.05, 0) is 33.0 Å². The van der Waals surface area contributed by atoms with E-state index in [9.17, 15) is 4.79 Å². The zero-order chi connectivity index (χ0) is 9.68. The highest BCUT2D eigenvalue weighted by atomic mass is 35.5. The number of nitrogens with one attached hydrogen (secondary N) is 1. The molecule has 0 atom stereocenters. The van der Waals surface area contributed by atoms with Crippen molar-refractivity contribution in [1.82, 2.24) is 10.2 Å². The topological polar surface area (TPSA) is 52.6 Å². The van der Waals surface area contributed by atoms with Crippen molar-refractivity contribution < 1.29 is 9.90 Å². The predicted molar refractivity (Wildman–Crippen MR) is 58.0 cm³/mol. The number of halogens is 1. The maximum Gasteiger partial charge on any atom is 0.304 e. The number of carboxylic acids is 1. The Kier molecular flexibility index (Phi) is 6.87. The summed E-state index contributed by atoms with van der Waals surface area (Å²) in [5, 5.41) is 11.8. The Morgan fingerprint density at radius 1 is 1.50 bits per heavy atom. The summed E-state index contributed by atoms with van der Waals surface area (Å²) in [5.74, 6) is -0.708. The van der Waals surface area contributed by atoms with Gasteiger partial charge in [-0.1, -0.05) is 0 Å². The number of piperidine rings is 1. The van der Waals surface area contributed by atoms with E-state index in [4.69, 9.17) is 5.11 Å². The Labute approximate surface area is 91.1 Å². The normalized spacial score (nSPS) is 17.9. The van der Waals surface area contributed by atoms with Crippen LogP contribution in [0.3, 0.4) is 0 Å². The van der Waals surface area contributed by atoms with Gasteiger partial charge >= 0.3 is 5.97 Å². The van der Waals surface area contributed by atoms with Crippen LogP contribution in [-0.2, 0) is 4.79 Å². The molecule has 2 N–H and O–H groups in total. The van der Waals surface area contributed by atoms with Crippen molar-refractivity contribution in [1.29, 1.82) is 0 Å². The second kappa shape index (κ2) is 7.04. The number of nitrogens with zero attached hydrogens (tertiary/aromatic N) is 1. The average Bonchev–Trinajstić information content (AvgIpc) is 2.15. The lowest BCUT2D eigenvalue weighted by molar-refractivity contribution is -0.137. The molecule has 0 aromatic carbocycles. The first-order valence-corrected chi connectivity index (χ1v) is 4.83. The van der Waals surface area contributed by atoms with Gasteiger partial charge in [0.15, 0.2) is 0 Å². The highest BCUT2D eigenvalue weighted by Gasteiger charge is 2.17. The van der Waals surface area contributed by atoms with Gasteiger partial charge < -0.3 is 15.3 Å². The standard InChI is InChI=1S/C9H18N2O2.ClH/c1-11(7-4-9(12)13)8-2-5-10-6-3-8;/h8,10H,2-7H2,1H3,(H,12,13);1H. The molecule has 0 spiro atoms. The summed E-state index contributed by atoms with van der Waals surface area (Å²) in [7, 11) is 2.01. The van der Waals surface area contributed by atoms with E-state index >= 15 is 0 Å². The van der Waals surface area contributed by atoms with E-state index in [0.717, 1.165) is 25.9 Å². The largest absolute Gasteiger partial charge is 0.481 e. The lowest BCUT2D eigenvalue weighted by atomic mass is 10.1. The Bertz CT molecular complexity index is 172. The van der Waals surface area contributed by atoms with Crippen molar-refractivity contribution in [3.8, 4) is 0 Å². The molecule has 0 aromatic rings. The number of carboxylic acid groups (broad SMARTS) is 1. The molecule has 0 unspecified atom stereocenters. The summed E-state index contributed by atoms with van der Waals surface area (Å²) >= 11 is 0. The molecule has 0 amide bonds. The van der Waals surface area contributed by atoms with Crippen LogP contribution >= 0.6 is 12.4 Å². The van der Waals surface area contributed by atoms with E-state index < -0.39 is 5.97 Å². The van der Waals surface area contributed by atoms with Crippen LogP contribution in [0.15, 0.2) is 0 Å². The van der Waals surface area contributed by atoms with Crippen LogP contribution in [0.5, 0.6) is 0 Å². The lowest BCUT2D eigenvalue weighted by Gasteiger charge is -2.31. The Balaban J connectivity index is 0.00000169. The van der Waals surface area contributed by atoms with Gasteiger partial charge in [0.25, 0.3) is 0 Å². The van der Waals surface area contributed by atoms with Crippen LogP contribution in [0.25, 0.3) is 0 Å². The van der Waals surface area contributed by atoms with Crippen molar-refractivity contribution in [3.63, 3.8) is 0 Å². The quantitative estimate of drug-likeness (QED) is 0.730. The number of hydrogen-bond donors (Lipinski definition) is 2. The highest BCUT2D eigenvalue weighted by Crippen LogP contribution is 2.09. The summed E-state index contributed by atoms with van der Waals surface area (Å²) in [4.78, 5) is 12.5. The van der Waals surface area contributed by atoms with Crippen molar-refractivity contribution in [3.05, 3.63) is 0 Å². The summed E-state index contributed by atoms with van der Waals surface area (Å²) in [6.45, 7) is 2.78. The van der Waals surface area contributed by atoms with Gasteiger partial charge in [0, 0.05) is 12.6 Å². The molecule has 84 valence electrons. The van der Waals surface area contributed by atoms with Crippen LogP contribution < -0.4 is 5.32 Å². The molecule has 0 radical (unpaired) electrons. The maximum atomic E-state index is 10.3. The van der Waals surface area contributed by atoms with Crippen LogP contribution in [0.1, 0.15) is 19.3 Å². The number of carbonyl (C=O) groups is 1. The fourth-order valence-electron chi connectivity index (χ4n) is 1.70. The van der Waals surface area contributed by atoms with Gasteiger partial charge in [0.05, 0.1) is 6.42 Å². The summed E-state index contributed by atoms with van der Waals surface area (Å²) in [6.07, 6.45) is 2.52. The summed E-state index contributed by atoms with van der Waals surface area (Å²) in [5.41, 5.74) is 0. The van der Waals surface area contributed by atoms with Gasteiger partial charge in [-0.2, -0.15) is 0 Å². The lowest BCUT2D eigenvalue weighted by Crippen LogP contribution is -2.41. The second-order valence-corrected chi connectivity index (χ2v) is 3.61. The van der Waals surface area contributed by atoms with Gasteiger partial charge in [0.2, 0.25) is 0 Å². The predicted octanol–water partition coefficient (Wildman–Crippen LogP) is 0.567. The van der Waals surface area contributed by atoms with Crippen LogP contribution in [0.2, 0.25) is 0 Å². The Hall–Kier alpha value is -0.320. The molecule has 1 fully saturated rings. The molecule has 0 aliphatic carbocycles. The molecule has 0 aromatic heterocycles. The van der Waals surface area contributed by atoms with E-state index in [2.05, 4.69) is 10.2 Å². The molecule has 0 saturated carbocycles. The van der Waals surface area contributed by atoms with Gasteiger partial charge in [0.1, 0.15) is 0 Å². The minimum absolute atomic E-state index is 0. The number of aliphatic carboxylic acids is 1. The second-order valence-electron chi connectivity index (χ2n) is 3.61. The third-order valence-electron chi connectivity index (χ3n) is 2.61. The molecule has 1 aliphatic rings. The zero-order valence-electron chi connectivity index (χ0n) is 8.53. The fraction of sp³-hybridized carbons (Fsp3) is 0.889. The first-order valence-electron chi connectivity index (χ1n) is 4.83. The molecular weight excluding hydrogens is 204 g/mol. The highest BCUT2D eigenvalue weighted by molar-refractivity contribution is 5.85. The Morgan fingerprint density at radius 3 is 2.57 bits per heavy atom. The van der Waals surface area contributed by atoms with E-state index in [1.165, 1.54) is 0 Å². The monoisotopic (exact) mass is 222 g/mol. The van der Waals surface area contributed by atoms with Crippen molar-refractivity contribution in [2.24, 2.45) is 0 Å². The van der Waals surface area contributed by atoms with Gasteiger partial charge in [-0.3, -0.25) is 4.79 Å². The number of hydrogen-bond acceptors (Lipinski definition) is 3. The molecule has 1 heterocycles. The fourth-order valence-corrected chi connectivity index (χ4v) is 1.70. The molecule has 5 heteroatoms. The third-order valence-corrected chi connectivity index (χ3v) is 2.61. The Morgan fingerprint density at radius 2 is 2.07 bits per heavy atom.